The Labute approximate surface area is 285 Å². The Bertz CT molecular complexity index is 2000. The van der Waals surface area contributed by atoms with E-state index in [9.17, 15) is 18.8 Å². The first-order chi connectivity index (χ1) is 23.0. The van der Waals surface area contributed by atoms with Crippen molar-refractivity contribution in [2.24, 2.45) is 10.8 Å². The van der Waals surface area contributed by atoms with Gasteiger partial charge in [-0.15, -0.1) is 0 Å². The molecule has 0 bridgehead atoms. The van der Waals surface area contributed by atoms with E-state index in [0.29, 0.717) is 55.7 Å². The van der Waals surface area contributed by atoms with Crippen LogP contribution in [0.1, 0.15) is 60.0 Å². The molecule has 1 unspecified atom stereocenters. The average molecular weight is 716 g/mol. The molecule has 3 atom stereocenters. The number of nitrogens with zero attached hydrogens (tertiary/aromatic N) is 7. The van der Waals surface area contributed by atoms with E-state index in [0.717, 1.165) is 31.6 Å². The number of fused-ring (bicyclic) bond motifs is 2. The highest BCUT2D eigenvalue weighted by molar-refractivity contribution is 9.10. The largest absolute Gasteiger partial charge is 0.325 e. The first-order valence-electron chi connectivity index (χ1n) is 16.4. The van der Waals surface area contributed by atoms with Crippen molar-refractivity contribution in [3.8, 4) is 11.1 Å². The van der Waals surface area contributed by atoms with E-state index >= 15 is 0 Å². The molecular formula is C35H36BrFN8O3. The zero-order chi connectivity index (χ0) is 33.5. The summed E-state index contributed by atoms with van der Waals surface area (Å²) in [4.78, 5) is 58.3. The van der Waals surface area contributed by atoms with Crippen molar-refractivity contribution in [1.29, 1.82) is 0 Å². The van der Waals surface area contributed by atoms with Crippen molar-refractivity contribution in [3.63, 3.8) is 0 Å². The highest BCUT2D eigenvalue weighted by atomic mass is 79.9. The number of Topliss-reactive ketones (excluding diaryl/α,β-unsaturated/α-hetero) is 1. The quantitative estimate of drug-likeness (QED) is 0.189. The number of ketones is 1. The second-order valence-electron chi connectivity index (χ2n) is 14.3. The van der Waals surface area contributed by atoms with E-state index < -0.39 is 12.7 Å². The Hall–Kier alpha value is -4.10. The van der Waals surface area contributed by atoms with Gasteiger partial charge in [0, 0.05) is 66.9 Å². The highest BCUT2D eigenvalue weighted by Crippen LogP contribution is 2.62. The molecule has 11 nitrogen and oxygen atoms in total. The lowest BCUT2D eigenvalue weighted by molar-refractivity contribution is -0.138. The van der Waals surface area contributed by atoms with Crippen molar-refractivity contribution >= 4 is 50.2 Å². The van der Waals surface area contributed by atoms with E-state index in [1.54, 1.807) is 36.4 Å². The van der Waals surface area contributed by atoms with Crippen molar-refractivity contribution in [3.05, 3.63) is 63.9 Å². The van der Waals surface area contributed by atoms with E-state index in [1.807, 2.05) is 19.1 Å². The standard InChI is InChI=1S/C35H36BrFN8O3/c1-19-4-5-28(36)40-32(19)41-33(48)26-10-35(18-43-16-34(17-43)6-7-34)11-27(35)45(26)29(47)15-44-31-23(12-37)8-22(24-13-38-21(3)39-14-24)9-25(31)30(42-44)20(2)46/h4-5,8-9,13-14,26-27H,6-7,10-12,15-18H2,1-3H3,(H,40,41,48)/t26-,27?,35-/m0/s1. The molecule has 2 aliphatic heterocycles. The summed E-state index contributed by atoms with van der Waals surface area (Å²) in [6.45, 7) is 7.03. The van der Waals surface area contributed by atoms with Gasteiger partial charge in [0.15, 0.2) is 5.78 Å². The third-order valence-corrected chi connectivity index (χ3v) is 11.2. The van der Waals surface area contributed by atoms with Crippen LogP contribution in [0.25, 0.3) is 22.0 Å². The van der Waals surface area contributed by atoms with Gasteiger partial charge in [0.1, 0.15) is 41.2 Å². The molecule has 3 aromatic heterocycles. The van der Waals surface area contributed by atoms with Crippen LogP contribution in [-0.2, 0) is 22.8 Å². The van der Waals surface area contributed by atoms with Crippen LogP contribution in [-0.4, -0.2) is 83.8 Å². The zero-order valence-electron chi connectivity index (χ0n) is 27.1. The van der Waals surface area contributed by atoms with Crippen LogP contribution in [0.5, 0.6) is 0 Å². The van der Waals surface area contributed by atoms with Crippen LogP contribution in [0, 0.1) is 24.7 Å². The lowest BCUT2D eigenvalue weighted by Crippen LogP contribution is -2.50. The molecule has 13 heteroatoms. The van der Waals surface area contributed by atoms with Crippen molar-refractivity contribution in [1.82, 2.24) is 34.5 Å². The van der Waals surface area contributed by atoms with Gasteiger partial charge in [-0.2, -0.15) is 5.10 Å². The summed E-state index contributed by atoms with van der Waals surface area (Å²) < 4.78 is 16.7. The molecule has 1 spiro atoms. The van der Waals surface area contributed by atoms with Gasteiger partial charge < -0.3 is 15.1 Å². The Kier molecular flexibility index (Phi) is 7.29. The van der Waals surface area contributed by atoms with E-state index in [2.05, 4.69) is 46.2 Å². The number of hydrogen-bond acceptors (Lipinski definition) is 8. The Morgan fingerprint density at radius 2 is 1.81 bits per heavy atom. The average Bonchev–Trinajstić information content (AvgIpc) is 3.91. The number of piperidine rings is 1. The van der Waals surface area contributed by atoms with Crippen LogP contribution in [0.4, 0.5) is 10.2 Å². The van der Waals surface area contributed by atoms with Crippen LogP contribution in [0.3, 0.4) is 0 Å². The number of nitrogens with one attached hydrogen (secondary N) is 1. The van der Waals surface area contributed by atoms with Gasteiger partial charge in [0.2, 0.25) is 11.8 Å². The molecule has 5 heterocycles. The van der Waals surface area contributed by atoms with E-state index in [1.165, 1.54) is 24.4 Å². The summed E-state index contributed by atoms with van der Waals surface area (Å²) in [6.07, 6.45) is 7.27. The maximum absolute atomic E-state index is 14.7. The molecule has 0 radical (unpaired) electrons. The number of carbonyl (C=O) groups excluding carboxylic acids is 3. The van der Waals surface area contributed by atoms with Gasteiger partial charge >= 0.3 is 0 Å². The molecule has 4 fully saturated rings. The number of likely N-dealkylation sites (tertiary alicyclic amines) is 2. The third-order valence-electron chi connectivity index (χ3n) is 10.7. The fourth-order valence-electron chi connectivity index (χ4n) is 8.02. The zero-order valence-corrected chi connectivity index (χ0v) is 28.7. The second-order valence-corrected chi connectivity index (χ2v) is 15.1. The fraction of sp³-hybridized carbons (Fsp3) is 0.457. The van der Waals surface area contributed by atoms with E-state index in [-0.39, 0.29) is 41.3 Å². The monoisotopic (exact) mass is 714 g/mol. The molecule has 1 aromatic carbocycles. The maximum Gasteiger partial charge on any atom is 0.248 e. The lowest BCUT2D eigenvalue weighted by atomic mass is 9.91. The van der Waals surface area contributed by atoms with Crippen molar-refractivity contribution in [2.45, 2.75) is 71.8 Å². The third kappa shape index (κ3) is 5.31. The summed E-state index contributed by atoms with van der Waals surface area (Å²) >= 11 is 3.39. The predicted octanol–water partition coefficient (Wildman–Crippen LogP) is 5.03. The molecule has 1 N–H and O–H groups in total. The minimum absolute atomic E-state index is 0.0871. The minimum atomic E-state index is -0.828. The Balaban J connectivity index is 1.12. The molecule has 248 valence electrons. The first kappa shape index (κ1) is 31.2. The van der Waals surface area contributed by atoms with Crippen molar-refractivity contribution < 1.29 is 18.8 Å². The summed E-state index contributed by atoms with van der Waals surface area (Å²) in [5.74, 6) is 0.180. The molecular weight excluding hydrogens is 679 g/mol. The van der Waals surface area contributed by atoms with Gasteiger partial charge in [0.25, 0.3) is 0 Å². The molecule has 2 saturated heterocycles. The van der Waals surface area contributed by atoms with Gasteiger partial charge in [-0.25, -0.2) is 19.3 Å². The molecule has 2 amide bonds. The van der Waals surface area contributed by atoms with Crippen LogP contribution < -0.4 is 5.32 Å². The van der Waals surface area contributed by atoms with Crippen LogP contribution in [0.15, 0.2) is 41.3 Å². The number of pyridine rings is 1. The van der Waals surface area contributed by atoms with Crippen molar-refractivity contribution in [2.75, 3.05) is 25.0 Å². The number of benzene rings is 1. The SMILES string of the molecule is CC(=O)c1nn(CC(=O)N2C3C[C@]3(CN3CC4(CC4)C3)C[C@H]2C(=O)Nc2nc(Br)ccc2C)c2c(CF)cc(-c3cnc(C)nc3)cc12. The number of rotatable bonds is 9. The number of aryl methyl sites for hydroxylation is 2. The minimum Gasteiger partial charge on any atom is -0.325 e. The number of alkyl halides is 1. The highest BCUT2D eigenvalue weighted by Gasteiger charge is 2.68. The van der Waals surface area contributed by atoms with Crippen LogP contribution in [0.2, 0.25) is 0 Å². The molecule has 2 saturated carbocycles. The van der Waals surface area contributed by atoms with Gasteiger partial charge in [-0.3, -0.25) is 19.1 Å². The first-order valence-corrected chi connectivity index (χ1v) is 17.1. The number of amides is 2. The Morgan fingerprint density at radius 1 is 1.06 bits per heavy atom. The summed E-state index contributed by atoms with van der Waals surface area (Å²) in [7, 11) is 0. The van der Waals surface area contributed by atoms with Gasteiger partial charge in [-0.1, -0.05) is 6.07 Å². The molecule has 4 aromatic rings. The van der Waals surface area contributed by atoms with E-state index in [4.69, 9.17) is 0 Å². The summed E-state index contributed by atoms with van der Waals surface area (Å²) in [5.41, 5.74) is 3.34. The normalized spacial score (nSPS) is 23.6. The molecule has 4 aliphatic rings. The molecule has 48 heavy (non-hydrogen) atoms. The summed E-state index contributed by atoms with van der Waals surface area (Å²) in [5, 5.41) is 8.00. The number of hydrogen-bond donors (Lipinski definition) is 1. The molecule has 2 aliphatic carbocycles. The maximum atomic E-state index is 14.7. The van der Waals surface area contributed by atoms with Gasteiger partial charge in [0.05, 0.1) is 5.52 Å². The smallest absolute Gasteiger partial charge is 0.248 e. The number of anilines is 1. The van der Waals surface area contributed by atoms with Crippen LogP contribution >= 0.6 is 15.9 Å². The summed E-state index contributed by atoms with van der Waals surface area (Å²) in [6, 6.07) is 6.36. The topological polar surface area (TPSA) is 126 Å². The Morgan fingerprint density at radius 3 is 2.50 bits per heavy atom. The lowest BCUT2D eigenvalue weighted by Gasteiger charge is -2.42. The fourth-order valence-corrected chi connectivity index (χ4v) is 8.33. The number of aromatic nitrogens is 5. The number of halogens is 2. The van der Waals surface area contributed by atoms with Gasteiger partial charge in [-0.05, 0) is 90.2 Å². The number of carbonyl (C=O) groups is 3. The predicted molar refractivity (Wildman–Crippen MR) is 180 cm³/mol. The molecule has 8 rings (SSSR count). The second kappa shape index (κ2) is 11.2.